The van der Waals surface area contributed by atoms with E-state index >= 15 is 0 Å². The van der Waals surface area contributed by atoms with Gasteiger partial charge in [-0.1, -0.05) is 12.1 Å². The van der Waals surface area contributed by atoms with Gasteiger partial charge in [0.25, 0.3) is 5.69 Å². The van der Waals surface area contributed by atoms with Crippen molar-refractivity contribution in [1.29, 1.82) is 0 Å². The standard InChI is InChI=1S/C11H11BrN2O4/c12-9-7(2-1-3-8(9)14(17)18)6-13-11(4-5-11)10(15)16/h1-3,13H,4-6H2,(H,15,16). The van der Waals surface area contributed by atoms with Crippen LogP contribution in [-0.4, -0.2) is 21.5 Å². The fourth-order valence-electron chi connectivity index (χ4n) is 1.70. The quantitative estimate of drug-likeness (QED) is 0.641. The molecule has 96 valence electrons. The number of halogens is 1. The van der Waals surface area contributed by atoms with Crippen LogP contribution in [0, 0.1) is 10.1 Å². The molecule has 0 radical (unpaired) electrons. The van der Waals surface area contributed by atoms with E-state index in [1.807, 2.05) is 0 Å². The average Bonchev–Trinajstić information content (AvgIpc) is 3.08. The van der Waals surface area contributed by atoms with Gasteiger partial charge >= 0.3 is 5.97 Å². The highest BCUT2D eigenvalue weighted by Gasteiger charge is 2.49. The summed E-state index contributed by atoms with van der Waals surface area (Å²) >= 11 is 3.18. The van der Waals surface area contributed by atoms with E-state index in [-0.39, 0.29) is 12.2 Å². The largest absolute Gasteiger partial charge is 0.480 e. The minimum atomic E-state index is -0.871. The van der Waals surface area contributed by atoms with Crippen LogP contribution in [0.25, 0.3) is 0 Å². The van der Waals surface area contributed by atoms with Gasteiger partial charge in [-0.25, -0.2) is 0 Å². The molecule has 2 N–H and O–H groups in total. The molecule has 0 spiro atoms. The Morgan fingerprint density at radius 3 is 2.72 bits per heavy atom. The van der Waals surface area contributed by atoms with Crippen molar-refractivity contribution in [3.8, 4) is 0 Å². The van der Waals surface area contributed by atoms with Crippen LogP contribution < -0.4 is 5.32 Å². The normalized spacial score (nSPS) is 16.3. The van der Waals surface area contributed by atoms with Crippen molar-refractivity contribution in [3.05, 3.63) is 38.3 Å². The number of carbonyl (C=O) groups is 1. The first-order valence-electron chi connectivity index (χ1n) is 5.36. The maximum atomic E-state index is 11.0. The zero-order valence-electron chi connectivity index (χ0n) is 9.35. The number of nitrogens with zero attached hydrogens (tertiary/aromatic N) is 1. The number of nitrogens with one attached hydrogen (secondary N) is 1. The van der Waals surface area contributed by atoms with Gasteiger partial charge < -0.3 is 5.11 Å². The lowest BCUT2D eigenvalue weighted by molar-refractivity contribution is -0.385. The molecule has 18 heavy (non-hydrogen) atoms. The lowest BCUT2D eigenvalue weighted by Crippen LogP contribution is -2.38. The molecule has 1 aromatic rings. The minimum absolute atomic E-state index is 0.0190. The third-order valence-electron chi connectivity index (χ3n) is 3.03. The summed E-state index contributed by atoms with van der Waals surface area (Å²) in [7, 11) is 0. The van der Waals surface area contributed by atoms with E-state index in [0.29, 0.717) is 22.9 Å². The Hall–Kier alpha value is -1.47. The van der Waals surface area contributed by atoms with Gasteiger partial charge in [-0.15, -0.1) is 0 Å². The SMILES string of the molecule is O=C(O)C1(NCc2cccc([N+](=O)[O-])c2Br)CC1. The molecule has 1 saturated carbocycles. The molecule has 0 aliphatic heterocycles. The number of hydrogen-bond donors (Lipinski definition) is 2. The second kappa shape index (κ2) is 4.66. The van der Waals surface area contributed by atoms with E-state index in [1.165, 1.54) is 6.07 Å². The van der Waals surface area contributed by atoms with Gasteiger partial charge in [0.2, 0.25) is 0 Å². The summed E-state index contributed by atoms with van der Waals surface area (Å²) in [4.78, 5) is 21.3. The first-order chi connectivity index (χ1) is 8.46. The van der Waals surface area contributed by atoms with Crippen LogP contribution in [0.2, 0.25) is 0 Å². The van der Waals surface area contributed by atoms with Crippen molar-refractivity contribution in [2.24, 2.45) is 0 Å². The highest BCUT2D eigenvalue weighted by atomic mass is 79.9. The Bertz CT molecular complexity index is 514. The molecule has 2 rings (SSSR count). The van der Waals surface area contributed by atoms with E-state index in [9.17, 15) is 14.9 Å². The van der Waals surface area contributed by atoms with Crippen molar-refractivity contribution < 1.29 is 14.8 Å². The maximum absolute atomic E-state index is 11.0. The van der Waals surface area contributed by atoms with Gasteiger partial charge in [0.05, 0.1) is 9.40 Å². The predicted molar refractivity (Wildman–Crippen MR) is 67.2 cm³/mol. The molecule has 6 nitrogen and oxygen atoms in total. The van der Waals surface area contributed by atoms with Crippen LogP contribution in [-0.2, 0) is 11.3 Å². The zero-order chi connectivity index (χ0) is 13.3. The molecule has 1 fully saturated rings. The molecule has 0 heterocycles. The van der Waals surface area contributed by atoms with Gasteiger partial charge in [-0.3, -0.25) is 20.2 Å². The summed E-state index contributed by atoms with van der Waals surface area (Å²) in [6.07, 6.45) is 1.18. The third-order valence-corrected chi connectivity index (χ3v) is 3.95. The number of carboxylic acid groups (broad SMARTS) is 1. The van der Waals surface area contributed by atoms with Gasteiger partial charge in [0, 0.05) is 12.6 Å². The number of nitro benzene ring substituents is 1. The van der Waals surface area contributed by atoms with E-state index in [1.54, 1.807) is 12.1 Å². The average molecular weight is 315 g/mol. The number of aliphatic carboxylic acids is 1. The molecule has 0 unspecified atom stereocenters. The number of nitro groups is 1. The smallest absolute Gasteiger partial charge is 0.323 e. The van der Waals surface area contributed by atoms with E-state index in [4.69, 9.17) is 5.11 Å². The van der Waals surface area contributed by atoms with Gasteiger partial charge in [0.15, 0.2) is 0 Å². The Morgan fingerprint density at radius 1 is 1.56 bits per heavy atom. The fraction of sp³-hybridized carbons (Fsp3) is 0.364. The monoisotopic (exact) mass is 314 g/mol. The second-order valence-electron chi connectivity index (χ2n) is 4.25. The van der Waals surface area contributed by atoms with Crippen LogP contribution in [0.1, 0.15) is 18.4 Å². The first kappa shape index (κ1) is 13.0. The fourth-order valence-corrected chi connectivity index (χ4v) is 2.25. The Labute approximate surface area is 111 Å². The molecule has 1 aliphatic rings. The van der Waals surface area contributed by atoms with Crippen molar-refractivity contribution >= 4 is 27.6 Å². The van der Waals surface area contributed by atoms with Crippen LogP contribution in [0.15, 0.2) is 22.7 Å². The molecule has 0 saturated heterocycles. The van der Waals surface area contributed by atoms with Crippen molar-refractivity contribution in [2.75, 3.05) is 0 Å². The van der Waals surface area contributed by atoms with Gasteiger partial charge in [0.1, 0.15) is 5.54 Å². The van der Waals surface area contributed by atoms with Crippen LogP contribution in [0.4, 0.5) is 5.69 Å². The van der Waals surface area contributed by atoms with Crippen LogP contribution in [0.5, 0.6) is 0 Å². The lowest BCUT2D eigenvalue weighted by Gasteiger charge is -2.13. The zero-order valence-corrected chi connectivity index (χ0v) is 10.9. The molecular weight excluding hydrogens is 304 g/mol. The first-order valence-corrected chi connectivity index (χ1v) is 6.16. The van der Waals surface area contributed by atoms with Gasteiger partial charge in [-0.05, 0) is 34.3 Å². The highest BCUT2D eigenvalue weighted by Crippen LogP contribution is 2.36. The summed E-state index contributed by atoms with van der Waals surface area (Å²) in [5, 5.41) is 22.7. The van der Waals surface area contributed by atoms with Crippen molar-refractivity contribution in [2.45, 2.75) is 24.9 Å². The molecule has 0 aromatic heterocycles. The molecule has 0 bridgehead atoms. The van der Waals surface area contributed by atoms with Gasteiger partial charge in [-0.2, -0.15) is 0 Å². The summed E-state index contributed by atoms with van der Waals surface area (Å²) in [5.41, 5.74) is -0.185. The van der Waals surface area contributed by atoms with Crippen molar-refractivity contribution in [3.63, 3.8) is 0 Å². The summed E-state index contributed by atoms with van der Waals surface area (Å²) in [5.74, 6) is -0.871. The number of hydrogen-bond acceptors (Lipinski definition) is 4. The molecular formula is C11H11BrN2O4. The maximum Gasteiger partial charge on any atom is 0.323 e. The van der Waals surface area contributed by atoms with Crippen molar-refractivity contribution in [1.82, 2.24) is 5.32 Å². The molecule has 0 amide bonds. The third kappa shape index (κ3) is 2.37. The Morgan fingerprint density at radius 2 is 2.22 bits per heavy atom. The summed E-state index contributed by atoms with van der Waals surface area (Å²) in [6, 6.07) is 4.71. The van der Waals surface area contributed by atoms with Crippen LogP contribution >= 0.6 is 15.9 Å². The van der Waals surface area contributed by atoms with E-state index < -0.39 is 16.4 Å². The Kier molecular flexibility index (Phi) is 3.36. The van der Waals surface area contributed by atoms with Crippen LogP contribution in [0.3, 0.4) is 0 Å². The molecule has 0 atom stereocenters. The topological polar surface area (TPSA) is 92.5 Å². The minimum Gasteiger partial charge on any atom is -0.480 e. The Balaban J connectivity index is 2.13. The highest BCUT2D eigenvalue weighted by molar-refractivity contribution is 9.10. The second-order valence-corrected chi connectivity index (χ2v) is 5.04. The lowest BCUT2D eigenvalue weighted by atomic mass is 10.2. The molecule has 1 aromatic carbocycles. The molecule has 7 heteroatoms. The predicted octanol–water partition coefficient (Wildman–Crippen LogP) is 2.06. The molecule has 1 aliphatic carbocycles. The summed E-state index contributed by atoms with van der Waals surface area (Å²) in [6.45, 7) is 0.286. The summed E-state index contributed by atoms with van der Waals surface area (Å²) < 4.78 is 0.392. The number of rotatable bonds is 5. The number of benzene rings is 1. The van der Waals surface area contributed by atoms with E-state index in [0.717, 1.165) is 0 Å². The van der Waals surface area contributed by atoms with E-state index in [2.05, 4.69) is 21.2 Å². The number of carboxylic acids is 1.